The first kappa shape index (κ1) is 20.7. The first-order valence-electron chi connectivity index (χ1n) is 11.5. The Hall–Kier alpha value is -3.93. The lowest BCUT2D eigenvalue weighted by Gasteiger charge is -2.20. The Labute approximate surface area is 197 Å². The van der Waals surface area contributed by atoms with Crippen LogP contribution in [0.25, 0.3) is 28.3 Å². The minimum absolute atomic E-state index is 0.222. The topological polar surface area (TPSA) is 94.9 Å². The zero-order valence-corrected chi connectivity index (χ0v) is 18.9. The summed E-state index contributed by atoms with van der Waals surface area (Å²) in [5.41, 5.74) is 7.14. The molecular weight excluding hydrogens is 426 g/mol. The minimum Gasteiger partial charge on any atom is -0.391 e. The van der Waals surface area contributed by atoms with Gasteiger partial charge < -0.3 is 19.9 Å². The third-order valence-corrected chi connectivity index (χ3v) is 6.92. The second kappa shape index (κ2) is 8.13. The number of nitriles is 1. The van der Waals surface area contributed by atoms with Gasteiger partial charge in [0.25, 0.3) is 0 Å². The lowest BCUT2D eigenvalue weighted by atomic mass is 10.1. The summed E-state index contributed by atoms with van der Waals surface area (Å²) >= 11 is 0. The Balaban J connectivity index is 1.38. The number of aliphatic hydroxyl groups is 1. The summed E-state index contributed by atoms with van der Waals surface area (Å²) in [7, 11) is 1.93. The molecule has 1 saturated heterocycles. The number of β-amino-alcohol motifs (C(OH)–C–C–N with tert-alkyl or cyclic N) is 1. The predicted octanol–water partition coefficient (Wildman–Crippen LogP) is 2.65. The van der Waals surface area contributed by atoms with Gasteiger partial charge in [-0.1, -0.05) is 12.1 Å². The van der Waals surface area contributed by atoms with Gasteiger partial charge in [0, 0.05) is 49.5 Å². The normalized spacial score (nSPS) is 18.7. The first-order valence-corrected chi connectivity index (χ1v) is 11.5. The standard InChI is InChI=1S/C26H25N7O/c1-28-11-21-14-31(15-25(21)34)22-6-7-23-20(8-22)13-32-12-19(18-4-2-17(10-27)3-5-18)9-24(32)26-30-29-16-33(23)26/h2-9,12,16,21,25,28,34H,11,13-15H2,1H3/t21-,25+/m1/s1. The molecule has 2 aromatic carbocycles. The lowest BCUT2D eigenvalue weighted by molar-refractivity contribution is 0.148. The van der Waals surface area contributed by atoms with Crippen molar-refractivity contribution < 1.29 is 5.11 Å². The first-order chi connectivity index (χ1) is 16.6. The highest BCUT2D eigenvalue weighted by molar-refractivity contribution is 5.72. The Morgan fingerprint density at radius 2 is 1.97 bits per heavy atom. The van der Waals surface area contributed by atoms with Crippen molar-refractivity contribution in [2.24, 2.45) is 5.92 Å². The zero-order valence-electron chi connectivity index (χ0n) is 18.9. The molecule has 0 bridgehead atoms. The fraction of sp³-hybridized carbons (Fsp3) is 0.269. The van der Waals surface area contributed by atoms with Crippen molar-refractivity contribution in [3.8, 4) is 34.4 Å². The van der Waals surface area contributed by atoms with E-state index in [4.69, 9.17) is 5.26 Å². The van der Waals surface area contributed by atoms with Crippen LogP contribution in [0.2, 0.25) is 0 Å². The smallest absolute Gasteiger partial charge is 0.185 e. The number of hydrogen-bond donors (Lipinski definition) is 2. The van der Waals surface area contributed by atoms with Crippen molar-refractivity contribution in [3.63, 3.8) is 0 Å². The van der Waals surface area contributed by atoms with Crippen LogP contribution in [0.1, 0.15) is 11.1 Å². The molecule has 6 rings (SSSR count). The van der Waals surface area contributed by atoms with E-state index in [0.717, 1.165) is 47.1 Å². The summed E-state index contributed by atoms with van der Waals surface area (Å²) in [4.78, 5) is 2.27. The van der Waals surface area contributed by atoms with Gasteiger partial charge in [-0.25, -0.2) is 0 Å². The number of anilines is 1. The number of aliphatic hydroxyl groups excluding tert-OH is 1. The van der Waals surface area contributed by atoms with Gasteiger partial charge in [-0.2, -0.15) is 5.26 Å². The maximum Gasteiger partial charge on any atom is 0.185 e. The highest BCUT2D eigenvalue weighted by Crippen LogP contribution is 2.35. The van der Waals surface area contributed by atoms with E-state index in [-0.39, 0.29) is 12.0 Å². The van der Waals surface area contributed by atoms with Crippen LogP contribution < -0.4 is 10.2 Å². The van der Waals surface area contributed by atoms with E-state index >= 15 is 0 Å². The monoisotopic (exact) mass is 451 g/mol. The largest absolute Gasteiger partial charge is 0.391 e. The molecule has 0 amide bonds. The molecule has 2 aliphatic heterocycles. The van der Waals surface area contributed by atoms with Crippen molar-refractivity contribution in [2.75, 3.05) is 31.6 Å². The van der Waals surface area contributed by atoms with Crippen LogP contribution in [0.3, 0.4) is 0 Å². The molecule has 4 aromatic rings. The van der Waals surface area contributed by atoms with Gasteiger partial charge in [0.1, 0.15) is 6.33 Å². The van der Waals surface area contributed by atoms with Gasteiger partial charge >= 0.3 is 0 Å². The number of aromatic nitrogens is 4. The number of fused-ring (bicyclic) bond motifs is 5. The van der Waals surface area contributed by atoms with Gasteiger partial charge in [-0.15, -0.1) is 10.2 Å². The fourth-order valence-corrected chi connectivity index (χ4v) is 5.15. The number of nitrogens with one attached hydrogen (secondary N) is 1. The average molecular weight is 452 g/mol. The Morgan fingerprint density at radius 1 is 1.12 bits per heavy atom. The average Bonchev–Trinajstić information content (AvgIpc) is 3.57. The van der Waals surface area contributed by atoms with Crippen LogP contribution in [0, 0.1) is 17.2 Å². The van der Waals surface area contributed by atoms with Crippen LogP contribution in [-0.4, -0.2) is 57.2 Å². The van der Waals surface area contributed by atoms with E-state index in [1.165, 1.54) is 5.56 Å². The molecule has 2 aromatic heterocycles. The molecule has 4 heterocycles. The maximum atomic E-state index is 10.5. The molecule has 8 heteroatoms. The molecule has 2 atom stereocenters. The second-order valence-electron chi connectivity index (χ2n) is 9.06. The van der Waals surface area contributed by atoms with Gasteiger partial charge in [0.15, 0.2) is 5.82 Å². The van der Waals surface area contributed by atoms with Crippen molar-refractivity contribution >= 4 is 5.69 Å². The van der Waals surface area contributed by atoms with Crippen molar-refractivity contribution in [1.82, 2.24) is 24.6 Å². The van der Waals surface area contributed by atoms with Crippen LogP contribution in [0.15, 0.2) is 61.1 Å². The van der Waals surface area contributed by atoms with E-state index < -0.39 is 0 Å². The van der Waals surface area contributed by atoms with Crippen LogP contribution in [0.4, 0.5) is 5.69 Å². The molecule has 2 aliphatic rings. The number of benzene rings is 2. The fourth-order valence-electron chi connectivity index (χ4n) is 5.15. The summed E-state index contributed by atoms with van der Waals surface area (Å²) in [5.74, 6) is 1.02. The van der Waals surface area contributed by atoms with Crippen molar-refractivity contribution in [2.45, 2.75) is 12.6 Å². The third kappa shape index (κ3) is 3.37. The molecule has 34 heavy (non-hydrogen) atoms. The molecule has 1 fully saturated rings. The molecule has 170 valence electrons. The SMILES string of the molecule is CNC[C@@H]1CN(c2ccc3c(c2)Cn2cc(-c4ccc(C#N)cc4)cc2-c2nncn2-3)C[C@@H]1O. The predicted molar refractivity (Wildman–Crippen MR) is 130 cm³/mol. The van der Waals surface area contributed by atoms with Gasteiger partial charge in [0.2, 0.25) is 0 Å². The molecule has 0 spiro atoms. The quantitative estimate of drug-likeness (QED) is 0.436. The van der Waals surface area contributed by atoms with Crippen LogP contribution in [-0.2, 0) is 6.54 Å². The molecule has 8 nitrogen and oxygen atoms in total. The summed E-state index contributed by atoms with van der Waals surface area (Å²) < 4.78 is 4.26. The summed E-state index contributed by atoms with van der Waals surface area (Å²) in [6.45, 7) is 2.98. The van der Waals surface area contributed by atoms with Gasteiger partial charge in [-0.3, -0.25) is 4.57 Å². The summed E-state index contributed by atoms with van der Waals surface area (Å²) in [6, 6.07) is 18.4. The zero-order chi connectivity index (χ0) is 23.2. The number of hydrogen-bond acceptors (Lipinski definition) is 6. The van der Waals surface area contributed by atoms with E-state index in [2.05, 4.69) is 61.5 Å². The van der Waals surface area contributed by atoms with Crippen LogP contribution in [0.5, 0.6) is 0 Å². The Kier molecular flexibility index (Phi) is 4.94. The molecule has 0 radical (unpaired) electrons. The summed E-state index contributed by atoms with van der Waals surface area (Å²) in [6.07, 6.45) is 3.57. The number of rotatable bonds is 4. The molecular formula is C26H25N7O. The van der Waals surface area contributed by atoms with E-state index in [1.54, 1.807) is 6.33 Å². The number of nitrogens with zero attached hydrogens (tertiary/aromatic N) is 6. The van der Waals surface area contributed by atoms with E-state index in [1.807, 2.05) is 35.9 Å². The van der Waals surface area contributed by atoms with Crippen LogP contribution >= 0.6 is 0 Å². The maximum absolute atomic E-state index is 10.5. The van der Waals surface area contributed by atoms with Gasteiger partial charge in [0.05, 0.1) is 29.1 Å². The van der Waals surface area contributed by atoms with Crippen molar-refractivity contribution in [3.05, 3.63) is 72.2 Å². The Morgan fingerprint density at radius 3 is 2.76 bits per heavy atom. The van der Waals surface area contributed by atoms with Gasteiger partial charge in [-0.05, 0) is 54.6 Å². The van der Waals surface area contributed by atoms with E-state index in [0.29, 0.717) is 18.7 Å². The van der Waals surface area contributed by atoms with Crippen molar-refractivity contribution in [1.29, 1.82) is 5.26 Å². The highest BCUT2D eigenvalue weighted by atomic mass is 16.3. The highest BCUT2D eigenvalue weighted by Gasteiger charge is 2.31. The summed E-state index contributed by atoms with van der Waals surface area (Å²) in [5, 5.41) is 31.4. The second-order valence-corrected chi connectivity index (χ2v) is 9.06. The molecule has 2 N–H and O–H groups in total. The molecule has 0 unspecified atom stereocenters. The molecule has 0 saturated carbocycles. The lowest BCUT2D eigenvalue weighted by Crippen LogP contribution is -2.28. The van der Waals surface area contributed by atoms with E-state index in [9.17, 15) is 5.11 Å². The minimum atomic E-state index is -0.332. The third-order valence-electron chi connectivity index (χ3n) is 6.92. The Bertz CT molecular complexity index is 1400. The molecule has 0 aliphatic carbocycles.